The van der Waals surface area contributed by atoms with Crippen molar-refractivity contribution in [2.45, 2.75) is 12.2 Å². The molecule has 0 aliphatic rings. The molecule has 1 aromatic carbocycles. The number of nitrogens with one attached hydrogen (secondary N) is 1. The Morgan fingerprint density at radius 2 is 1.84 bits per heavy atom. The Balaban J connectivity index is 1.84. The predicted octanol–water partition coefficient (Wildman–Crippen LogP) is 1.69. The molecule has 2 aromatic rings. The molecule has 0 aliphatic heterocycles. The Kier molecular flexibility index (Phi) is 4.39. The van der Waals surface area contributed by atoms with Crippen LogP contribution in [0.25, 0.3) is 0 Å². The topological polar surface area (TPSA) is 51.1 Å². The minimum absolute atomic E-state index is 0.0304. The van der Waals surface area contributed by atoms with Gasteiger partial charge < -0.3 is 4.57 Å². The fourth-order valence-corrected chi connectivity index (χ4v) is 3.05. The number of hydrogen-bond acceptors (Lipinski definition) is 2. The molecule has 0 aliphatic carbocycles. The third-order valence-corrected chi connectivity index (χ3v) is 4.19. The molecule has 0 unspecified atom stereocenters. The summed E-state index contributed by atoms with van der Waals surface area (Å²) in [6.45, 7) is 0.430. The lowest BCUT2D eigenvalue weighted by molar-refractivity contribution is 0.581. The molecule has 0 bridgehead atoms. The first-order valence-corrected chi connectivity index (χ1v) is 7.82. The maximum Gasteiger partial charge on any atom is 0.215 e. The first kappa shape index (κ1) is 13.8. The molecule has 2 rings (SSSR count). The maximum atomic E-state index is 11.9. The van der Waals surface area contributed by atoms with E-state index in [1.807, 2.05) is 60.4 Å². The molecule has 1 N–H and O–H groups in total. The van der Waals surface area contributed by atoms with Crippen molar-refractivity contribution in [3.63, 3.8) is 0 Å². The lowest BCUT2D eigenvalue weighted by atomic mass is 10.2. The summed E-state index contributed by atoms with van der Waals surface area (Å²) in [6, 6.07) is 11.2. The van der Waals surface area contributed by atoms with Crippen molar-refractivity contribution in [3.8, 4) is 0 Å². The van der Waals surface area contributed by atoms with E-state index >= 15 is 0 Å². The lowest BCUT2D eigenvalue weighted by Gasteiger charge is -2.06. The molecule has 0 spiro atoms. The van der Waals surface area contributed by atoms with Gasteiger partial charge in [0.05, 0.1) is 5.75 Å². The highest BCUT2D eigenvalue weighted by Crippen LogP contribution is 2.05. The minimum Gasteiger partial charge on any atom is -0.357 e. The third-order valence-electron chi connectivity index (χ3n) is 2.83. The van der Waals surface area contributed by atoms with Crippen LogP contribution in [0.15, 0.2) is 48.8 Å². The van der Waals surface area contributed by atoms with Gasteiger partial charge in [0.2, 0.25) is 10.0 Å². The first-order valence-electron chi connectivity index (χ1n) is 6.17. The lowest BCUT2D eigenvalue weighted by Crippen LogP contribution is -2.27. The highest BCUT2D eigenvalue weighted by Gasteiger charge is 2.10. The minimum atomic E-state index is -3.25. The van der Waals surface area contributed by atoms with Gasteiger partial charge in [-0.2, -0.15) is 0 Å². The summed E-state index contributed by atoms with van der Waals surface area (Å²) in [5, 5.41) is 0. The van der Waals surface area contributed by atoms with Crippen LogP contribution in [0.4, 0.5) is 0 Å². The van der Waals surface area contributed by atoms with Gasteiger partial charge >= 0.3 is 0 Å². The van der Waals surface area contributed by atoms with Crippen molar-refractivity contribution < 1.29 is 8.42 Å². The molecule has 102 valence electrons. The van der Waals surface area contributed by atoms with E-state index in [2.05, 4.69) is 4.72 Å². The number of hydrogen-bond donors (Lipinski definition) is 1. The molecule has 0 saturated heterocycles. The average Bonchev–Trinajstić information content (AvgIpc) is 2.75. The van der Waals surface area contributed by atoms with Crippen LogP contribution < -0.4 is 4.72 Å². The van der Waals surface area contributed by atoms with Gasteiger partial charge in [0.25, 0.3) is 0 Å². The summed E-state index contributed by atoms with van der Waals surface area (Å²) in [7, 11) is -1.31. The average molecular weight is 278 g/mol. The number of aromatic nitrogens is 1. The molecular formula is C14H18N2O2S. The zero-order valence-corrected chi connectivity index (χ0v) is 11.7. The second-order valence-corrected chi connectivity index (χ2v) is 6.38. The van der Waals surface area contributed by atoms with Gasteiger partial charge in [-0.05, 0) is 23.6 Å². The SMILES string of the molecule is Cn1ccc(CCNS(=O)(=O)Cc2ccccc2)c1. The van der Waals surface area contributed by atoms with E-state index in [1.165, 1.54) is 0 Å². The molecular weight excluding hydrogens is 260 g/mol. The van der Waals surface area contributed by atoms with Crippen LogP contribution in [0.1, 0.15) is 11.1 Å². The first-order chi connectivity index (χ1) is 9.05. The number of sulfonamides is 1. The van der Waals surface area contributed by atoms with Gasteiger partial charge in [-0.3, -0.25) is 0 Å². The van der Waals surface area contributed by atoms with E-state index in [-0.39, 0.29) is 5.75 Å². The van der Waals surface area contributed by atoms with E-state index in [0.29, 0.717) is 13.0 Å². The molecule has 0 saturated carbocycles. The largest absolute Gasteiger partial charge is 0.357 e. The van der Waals surface area contributed by atoms with Gasteiger partial charge in [-0.1, -0.05) is 30.3 Å². The van der Waals surface area contributed by atoms with Gasteiger partial charge in [-0.25, -0.2) is 13.1 Å². The van der Waals surface area contributed by atoms with Crippen LogP contribution in [0.3, 0.4) is 0 Å². The molecule has 0 radical (unpaired) electrons. The summed E-state index contributed by atoms with van der Waals surface area (Å²) < 4.78 is 28.3. The highest BCUT2D eigenvalue weighted by molar-refractivity contribution is 7.88. The van der Waals surface area contributed by atoms with E-state index in [9.17, 15) is 8.42 Å². The summed E-state index contributed by atoms with van der Waals surface area (Å²) in [5.74, 6) is 0.0304. The van der Waals surface area contributed by atoms with E-state index < -0.39 is 10.0 Å². The summed E-state index contributed by atoms with van der Waals surface area (Å²) >= 11 is 0. The standard InChI is InChI=1S/C14H18N2O2S/c1-16-10-8-13(11-16)7-9-15-19(17,18)12-14-5-3-2-4-6-14/h2-6,8,10-11,15H,7,9,12H2,1H3. The maximum absolute atomic E-state index is 11.9. The summed E-state index contributed by atoms with van der Waals surface area (Å²) in [5.41, 5.74) is 1.93. The zero-order chi connectivity index (χ0) is 13.7. The molecule has 0 fully saturated rings. The molecule has 1 heterocycles. The Bertz CT molecular complexity index is 618. The molecule has 1 aromatic heterocycles. The number of benzene rings is 1. The quantitative estimate of drug-likeness (QED) is 0.874. The van der Waals surface area contributed by atoms with Gasteiger partial charge in [0, 0.05) is 26.0 Å². The third kappa shape index (κ3) is 4.54. The van der Waals surface area contributed by atoms with Crippen LogP contribution in [0.5, 0.6) is 0 Å². The molecule has 5 heteroatoms. The predicted molar refractivity (Wildman–Crippen MR) is 76.2 cm³/mol. The van der Waals surface area contributed by atoms with Crippen LogP contribution in [0, 0.1) is 0 Å². The van der Waals surface area contributed by atoms with Crippen molar-refractivity contribution >= 4 is 10.0 Å². The smallest absolute Gasteiger partial charge is 0.215 e. The number of aryl methyl sites for hydroxylation is 1. The summed E-state index contributed by atoms with van der Waals surface area (Å²) in [6.07, 6.45) is 4.65. The van der Waals surface area contributed by atoms with Crippen molar-refractivity contribution in [1.29, 1.82) is 0 Å². The molecule has 0 atom stereocenters. The molecule has 0 amide bonds. The van der Waals surface area contributed by atoms with E-state index in [1.54, 1.807) is 0 Å². The van der Waals surface area contributed by atoms with E-state index in [0.717, 1.165) is 11.1 Å². The van der Waals surface area contributed by atoms with Gasteiger partial charge in [0.1, 0.15) is 0 Å². The van der Waals surface area contributed by atoms with Gasteiger partial charge in [-0.15, -0.1) is 0 Å². The number of rotatable bonds is 6. The van der Waals surface area contributed by atoms with E-state index in [4.69, 9.17) is 0 Å². The van der Waals surface area contributed by atoms with Crippen molar-refractivity contribution in [1.82, 2.24) is 9.29 Å². The van der Waals surface area contributed by atoms with Crippen LogP contribution in [0.2, 0.25) is 0 Å². The van der Waals surface area contributed by atoms with Crippen LogP contribution >= 0.6 is 0 Å². The fourth-order valence-electron chi connectivity index (χ4n) is 1.90. The Morgan fingerprint density at radius 3 is 2.47 bits per heavy atom. The van der Waals surface area contributed by atoms with Crippen molar-refractivity contribution in [2.75, 3.05) is 6.54 Å². The van der Waals surface area contributed by atoms with Crippen molar-refractivity contribution in [2.24, 2.45) is 7.05 Å². The second-order valence-electron chi connectivity index (χ2n) is 4.57. The monoisotopic (exact) mass is 278 g/mol. The Hall–Kier alpha value is -1.59. The Morgan fingerprint density at radius 1 is 1.11 bits per heavy atom. The normalized spacial score (nSPS) is 11.6. The Labute approximate surface area is 114 Å². The van der Waals surface area contributed by atoms with Crippen LogP contribution in [-0.2, 0) is 29.2 Å². The zero-order valence-electron chi connectivity index (χ0n) is 10.9. The molecule has 4 nitrogen and oxygen atoms in total. The van der Waals surface area contributed by atoms with Crippen molar-refractivity contribution in [3.05, 3.63) is 59.9 Å². The van der Waals surface area contributed by atoms with Crippen LogP contribution in [-0.4, -0.2) is 19.5 Å². The summed E-state index contributed by atoms with van der Waals surface area (Å²) in [4.78, 5) is 0. The fraction of sp³-hybridized carbons (Fsp3) is 0.286. The van der Waals surface area contributed by atoms with Gasteiger partial charge in [0.15, 0.2) is 0 Å². The molecule has 19 heavy (non-hydrogen) atoms. The second kappa shape index (κ2) is 6.04. The highest BCUT2D eigenvalue weighted by atomic mass is 32.2. The number of nitrogens with zero attached hydrogens (tertiary/aromatic N) is 1.